The Balaban J connectivity index is 4.02. The average Bonchev–Trinajstić information content (AvgIpc) is 2.39. The molecule has 0 fully saturated rings. The van der Waals surface area contributed by atoms with Crippen LogP contribution in [0.15, 0.2) is 10.2 Å². The molecule has 0 aliphatic carbocycles. The third kappa shape index (κ3) is 12.1. The quantitative estimate of drug-likeness (QED) is 0.507. The van der Waals surface area contributed by atoms with E-state index >= 15 is 0 Å². The van der Waals surface area contributed by atoms with E-state index in [2.05, 4.69) is 48.7 Å². The number of rotatable bonds is 9. The van der Waals surface area contributed by atoms with Crippen molar-refractivity contribution in [2.75, 3.05) is 0 Å². The number of hydrazone groups is 2. The fourth-order valence-electron chi connectivity index (χ4n) is 1.93. The second kappa shape index (κ2) is 10.9. The summed E-state index contributed by atoms with van der Waals surface area (Å²) in [6.07, 6.45) is 1.88. The molecule has 0 radical (unpaired) electrons. The van der Waals surface area contributed by atoms with Crippen LogP contribution in [0.4, 0.5) is 0 Å². The Kier molecular flexibility index (Phi) is 10.1. The number of carbonyl (C=O) groups excluding carboxylic acids is 2. The molecule has 22 heavy (non-hydrogen) atoms. The van der Waals surface area contributed by atoms with Gasteiger partial charge >= 0.3 is 0 Å². The molecular formula is C16H30N4O2. The Morgan fingerprint density at radius 2 is 1.09 bits per heavy atom. The summed E-state index contributed by atoms with van der Waals surface area (Å²) >= 11 is 0. The van der Waals surface area contributed by atoms with Gasteiger partial charge < -0.3 is 0 Å². The number of hydrogen-bond donors (Lipinski definition) is 2. The summed E-state index contributed by atoms with van der Waals surface area (Å²) in [7, 11) is 0. The molecule has 0 unspecified atom stereocenters. The number of amides is 2. The van der Waals surface area contributed by atoms with Crippen LogP contribution in [-0.2, 0) is 9.59 Å². The van der Waals surface area contributed by atoms with Crippen LogP contribution in [0.25, 0.3) is 0 Å². The van der Waals surface area contributed by atoms with Gasteiger partial charge in [-0.1, -0.05) is 27.7 Å². The van der Waals surface area contributed by atoms with E-state index in [1.54, 1.807) is 0 Å². The van der Waals surface area contributed by atoms with Gasteiger partial charge in [0.05, 0.1) is 0 Å². The highest BCUT2D eigenvalue weighted by Crippen LogP contribution is 2.01. The lowest BCUT2D eigenvalue weighted by molar-refractivity contribution is -0.126. The highest BCUT2D eigenvalue weighted by atomic mass is 16.2. The highest BCUT2D eigenvalue weighted by Gasteiger charge is 2.06. The van der Waals surface area contributed by atoms with E-state index in [1.165, 1.54) is 0 Å². The van der Waals surface area contributed by atoms with Crippen LogP contribution in [0.1, 0.15) is 67.2 Å². The molecular weight excluding hydrogens is 280 g/mol. The Morgan fingerprint density at radius 3 is 1.36 bits per heavy atom. The first-order chi connectivity index (χ1) is 10.2. The molecule has 6 heteroatoms. The molecule has 2 amide bonds. The second-order valence-electron chi connectivity index (χ2n) is 6.46. The zero-order chi connectivity index (χ0) is 17.1. The molecule has 0 aliphatic heterocycles. The molecule has 0 saturated carbocycles. The lowest BCUT2D eigenvalue weighted by atomic mass is 10.1. The maximum atomic E-state index is 11.6. The zero-order valence-corrected chi connectivity index (χ0v) is 14.7. The van der Waals surface area contributed by atoms with Gasteiger partial charge in [0.1, 0.15) is 0 Å². The van der Waals surface area contributed by atoms with Crippen molar-refractivity contribution in [3.8, 4) is 0 Å². The smallest absolute Gasteiger partial charge is 0.240 e. The highest BCUT2D eigenvalue weighted by molar-refractivity contribution is 5.87. The molecule has 0 spiro atoms. The number of nitrogens with zero attached hydrogens (tertiary/aromatic N) is 2. The third-order valence-corrected chi connectivity index (χ3v) is 2.73. The minimum absolute atomic E-state index is 0.100. The first-order valence-corrected chi connectivity index (χ1v) is 7.84. The summed E-state index contributed by atoms with van der Waals surface area (Å²) in [6, 6.07) is 0. The minimum Gasteiger partial charge on any atom is -0.273 e. The van der Waals surface area contributed by atoms with E-state index in [4.69, 9.17) is 0 Å². The summed E-state index contributed by atoms with van der Waals surface area (Å²) in [5.74, 6) is 0.471. The minimum atomic E-state index is -0.263. The molecule has 0 aromatic rings. The van der Waals surface area contributed by atoms with Crippen molar-refractivity contribution in [1.82, 2.24) is 10.9 Å². The van der Waals surface area contributed by atoms with Crippen molar-refractivity contribution in [3.05, 3.63) is 0 Å². The molecule has 0 aliphatic rings. The van der Waals surface area contributed by atoms with Gasteiger partial charge in [-0.3, -0.25) is 9.59 Å². The lowest BCUT2D eigenvalue weighted by Crippen LogP contribution is -2.24. The summed E-state index contributed by atoms with van der Waals surface area (Å²) in [4.78, 5) is 23.2. The molecule has 126 valence electrons. The summed E-state index contributed by atoms with van der Waals surface area (Å²) in [6.45, 7) is 12.1. The molecule has 0 aromatic heterocycles. The Labute approximate surface area is 133 Å². The normalized spacial score (nSPS) is 12.7. The van der Waals surface area contributed by atoms with Crippen LogP contribution in [0.3, 0.4) is 0 Å². The van der Waals surface area contributed by atoms with Crippen molar-refractivity contribution < 1.29 is 9.59 Å². The summed E-state index contributed by atoms with van der Waals surface area (Å²) in [5, 5.41) is 8.01. The van der Waals surface area contributed by atoms with E-state index in [0.717, 1.165) is 24.3 Å². The lowest BCUT2D eigenvalue weighted by Gasteiger charge is -2.06. The summed E-state index contributed by atoms with van der Waals surface area (Å²) in [5.41, 5.74) is 6.69. The fourth-order valence-corrected chi connectivity index (χ4v) is 1.93. The Bertz CT molecular complexity index is 386. The molecule has 0 bridgehead atoms. The van der Waals surface area contributed by atoms with E-state index in [0.29, 0.717) is 11.8 Å². The first kappa shape index (κ1) is 20.3. The van der Waals surface area contributed by atoms with Crippen LogP contribution >= 0.6 is 0 Å². The van der Waals surface area contributed by atoms with Crippen LogP contribution in [0.2, 0.25) is 0 Å². The van der Waals surface area contributed by atoms with E-state index in [1.807, 2.05) is 13.8 Å². The molecule has 6 nitrogen and oxygen atoms in total. The van der Waals surface area contributed by atoms with Crippen molar-refractivity contribution in [2.45, 2.75) is 67.2 Å². The predicted octanol–water partition coefficient (Wildman–Crippen LogP) is 2.84. The van der Waals surface area contributed by atoms with Crippen molar-refractivity contribution >= 4 is 23.2 Å². The van der Waals surface area contributed by atoms with Crippen LogP contribution in [0, 0.1) is 11.8 Å². The largest absolute Gasteiger partial charge is 0.273 e. The average molecular weight is 310 g/mol. The first-order valence-electron chi connectivity index (χ1n) is 7.84. The molecule has 0 rings (SSSR count). The van der Waals surface area contributed by atoms with Crippen molar-refractivity contribution in [3.63, 3.8) is 0 Å². The monoisotopic (exact) mass is 310 g/mol. The van der Waals surface area contributed by atoms with E-state index in [-0.39, 0.29) is 24.7 Å². The molecule has 0 heterocycles. The van der Waals surface area contributed by atoms with Gasteiger partial charge in [-0.15, -0.1) is 0 Å². The predicted molar refractivity (Wildman–Crippen MR) is 90.6 cm³/mol. The van der Waals surface area contributed by atoms with Crippen molar-refractivity contribution in [1.29, 1.82) is 0 Å². The molecule has 0 aromatic carbocycles. The molecule has 0 atom stereocenters. The van der Waals surface area contributed by atoms with Gasteiger partial charge in [-0.2, -0.15) is 10.2 Å². The van der Waals surface area contributed by atoms with E-state index < -0.39 is 0 Å². The second-order valence-corrected chi connectivity index (χ2v) is 6.46. The third-order valence-electron chi connectivity index (χ3n) is 2.73. The molecule has 0 saturated heterocycles. The van der Waals surface area contributed by atoms with E-state index in [9.17, 15) is 9.59 Å². The Morgan fingerprint density at radius 1 is 0.773 bits per heavy atom. The maximum absolute atomic E-state index is 11.6. The van der Waals surface area contributed by atoms with Crippen LogP contribution in [0.5, 0.6) is 0 Å². The topological polar surface area (TPSA) is 82.9 Å². The van der Waals surface area contributed by atoms with Gasteiger partial charge in [0.2, 0.25) is 11.8 Å². The van der Waals surface area contributed by atoms with Gasteiger partial charge in [0, 0.05) is 24.3 Å². The van der Waals surface area contributed by atoms with Crippen LogP contribution < -0.4 is 10.9 Å². The number of hydrogen-bond acceptors (Lipinski definition) is 4. The fraction of sp³-hybridized carbons (Fsp3) is 0.750. The van der Waals surface area contributed by atoms with Gasteiger partial charge in [-0.05, 0) is 38.5 Å². The summed E-state index contributed by atoms with van der Waals surface area (Å²) < 4.78 is 0. The zero-order valence-electron chi connectivity index (χ0n) is 14.7. The number of nitrogens with one attached hydrogen (secondary N) is 2. The van der Waals surface area contributed by atoms with Crippen molar-refractivity contribution in [2.24, 2.45) is 22.0 Å². The van der Waals surface area contributed by atoms with Gasteiger partial charge in [-0.25, -0.2) is 10.9 Å². The van der Waals surface area contributed by atoms with Gasteiger partial charge in [0.15, 0.2) is 0 Å². The standard InChI is InChI=1S/C16H30N4O2/c1-11(2)9-13(5)17-19-15(21)7-8-16(22)20-18-14(6)10-12(3)4/h11-12H,7-10H2,1-6H3,(H,19,21)(H,20,22)/b17-13-,18-14-. The SMILES string of the molecule is C/C(CC(C)C)=N/NC(=O)CCC(=O)N/N=C(/C)CC(C)C. The van der Waals surface area contributed by atoms with Crippen LogP contribution in [-0.4, -0.2) is 23.2 Å². The van der Waals surface area contributed by atoms with Gasteiger partial charge in [0.25, 0.3) is 0 Å². The maximum Gasteiger partial charge on any atom is 0.240 e. The number of carbonyl (C=O) groups is 2. The molecule has 2 N–H and O–H groups in total. The Hall–Kier alpha value is -1.72.